The molecule has 5 rings (SSSR count). The zero-order valence-corrected chi connectivity index (χ0v) is 26.5. The topological polar surface area (TPSA) is 190 Å². The average Bonchev–Trinajstić information content (AvgIpc) is 3.49. The molecule has 2 atom stereocenters. The van der Waals surface area contributed by atoms with E-state index >= 15 is 0 Å². The number of aliphatic hydroxyl groups is 1. The number of hydrogen-bond acceptors (Lipinski definition) is 8. The fourth-order valence-corrected chi connectivity index (χ4v) is 5.44. The molecule has 0 spiro atoms. The van der Waals surface area contributed by atoms with Gasteiger partial charge >= 0.3 is 0 Å². The molecule has 0 bridgehead atoms. The minimum absolute atomic E-state index is 0.0182. The number of halogens is 1. The average molecular weight is 666 g/mol. The highest BCUT2D eigenvalue weighted by atomic mass is 35.5. The van der Waals surface area contributed by atoms with Crippen LogP contribution in [0.15, 0.2) is 112 Å². The Kier molecular flexibility index (Phi) is 11.5. The Labute approximate surface area is 281 Å². The van der Waals surface area contributed by atoms with Crippen LogP contribution in [0.3, 0.4) is 0 Å². The van der Waals surface area contributed by atoms with Gasteiger partial charge in [-0.1, -0.05) is 82.5 Å². The van der Waals surface area contributed by atoms with Gasteiger partial charge in [0.2, 0.25) is 5.90 Å². The molecule has 0 fully saturated rings. The van der Waals surface area contributed by atoms with Gasteiger partial charge < -0.3 is 14.6 Å². The number of hydrogen-bond donors (Lipinski definition) is 3. The molecule has 0 aliphatic carbocycles. The standard InChI is InChI=1S/C34H32ClN9O4/c35-26-14-10-23(11-15-26)18-19-38-42-33(46)34(22-25-6-1-3-8-29(25)40-43-36)31(28-7-2-4-9-30(28)41-44-37)48-32(39-34)24-12-16-27(17-13-24)47-21-5-20-45/h1-4,6-17,31,38,45H,5,18-22H2,(H,42,46)/t31-,34-/m0/s1. The van der Waals surface area contributed by atoms with Crippen LogP contribution < -0.4 is 15.6 Å². The fraction of sp³-hybridized carbons (Fsp3) is 0.235. The summed E-state index contributed by atoms with van der Waals surface area (Å²) in [5, 5.41) is 17.4. The quantitative estimate of drug-likeness (QED) is 0.0392. The molecule has 4 aromatic rings. The van der Waals surface area contributed by atoms with E-state index < -0.39 is 17.6 Å². The third-order valence-corrected chi connectivity index (χ3v) is 7.91. The number of nitrogens with one attached hydrogen (secondary N) is 2. The Balaban J connectivity index is 1.56. The van der Waals surface area contributed by atoms with Crippen LogP contribution in [-0.4, -0.2) is 42.2 Å². The van der Waals surface area contributed by atoms with Gasteiger partial charge in [-0.2, -0.15) is 0 Å². The number of ether oxygens (including phenoxy) is 2. The van der Waals surface area contributed by atoms with Crippen LogP contribution in [0.1, 0.15) is 34.8 Å². The zero-order chi connectivity index (χ0) is 33.8. The van der Waals surface area contributed by atoms with E-state index in [0.717, 1.165) is 5.56 Å². The maximum absolute atomic E-state index is 14.5. The van der Waals surface area contributed by atoms with Gasteiger partial charge in [-0.3, -0.25) is 10.2 Å². The van der Waals surface area contributed by atoms with Crippen molar-refractivity contribution in [3.05, 3.63) is 145 Å². The van der Waals surface area contributed by atoms with E-state index in [2.05, 4.69) is 30.9 Å². The molecule has 14 heteroatoms. The number of carbonyl (C=O) groups is 1. The molecule has 0 saturated heterocycles. The Bertz CT molecular complexity index is 1860. The van der Waals surface area contributed by atoms with Crippen LogP contribution in [-0.2, 0) is 22.4 Å². The van der Waals surface area contributed by atoms with Crippen molar-refractivity contribution < 1.29 is 19.4 Å². The first-order chi connectivity index (χ1) is 23.5. The SMILES string of the molecule is [N-]=[N+]=Nc1ccccc1C[C@]1(C(=O)NNCCc2ccc(Cl)cc2)N=C(c2ccc(OCCCO)cc2)O[C@H]1c1ccccc1N=[N+]=[N-]. The molecule has 3 N–H and O–H groups in total. The first kappa shape index (κ1) is 33.8. The number of azide groups is 2. The second-order valence-electron chi connectivity index (χ2n) is 10.8. The fourth-order valence-electron chi connectivity index (χ4n) is 5.31. The number of benzene rings is 4. The molecule has 13 nitrogen and oxygen atoms in total. The molecule has 0 saturated carbocycles. The second-order valence-corrected chi connectivity index (χ2v) is 11.2. The van der Waals surface area contributed by atoms with E-state index in [1.807, 2.05) is 12.1 Å². The van der Waals surface area contributed by atoms with Crippen molar-refractivity contribution in [2.75, 3.05) is 19.8 Å². The zero-order valence-electron chi connectivity index (χ0n) is 25.7. The molecule has 48 heavy (non-hydrogen) atoms. The van der Waals surface area contributed by atoms with Crippen molar-refractivity contribution in [1.29, 1.82) is 0 Å². The maximum Gasteiger partial charge on any atom is 0.266 e. The summed E-state index contributed by atoms with van der Waals surface area (Å²) in [6, 6.07) is 28.2. The maximum atomic E-state index is 14.5. The predicted octanol–water partition coefficient (Wildman–Crippen LogP) is 7.35. The number of nitrogens with zero attached hydrogens (tertiary/aromatic N) is 7. The monoisotopic (exact) mass is 665 g/mol. The summed E-state index contributed by atoms with van der Waals surface area (Å²) >= 11 is 6.02. The van der Waals surface area contributed by atoms with Gasteiger partial charge in [-0.25, -0.2) is 10.4 Å². The van der Waals surface area contributed by atoms with Gasteiger partial charge in [0.25, 0.3) is 5.91 Å². The van der Waals surface area contributed by atoms with Crippen molar-refractivity contribution >= 4 is 34.8 Å². The lowest BCUT2D eigenvalue weighted by molar-refractivity contribution is -0.130. The van der Waals surface area contributed by atoms with E-state index in [-0.39, 0.29) is 24.6 Å². The Hall–Kier alpha value is -5.55. The van der Waals surface area contributed by atoms with Crippen LogP contribution in [0.4, 0.5) is 11.4 Å². The molecule has 1 aliphatic rings. The van der Waals surface area contributed by atoms with Gasteiger partial charge in [0.1, 0.15) is 5.75 Å². The molecule has 0 aromatic heterocycles. The van der Waals surface area contributed by atoms with E-state index in [9.17, 15) is 15.9 Å². The van der Waals surface area contributed by atoms with Crippen LogP contribution in [0.5, 0.6) is 5.75 Å². The predicted molar refractivity (Wildman–Crippen MR) is 182 cm³/mol. The van der Waals surface area contributed by atoms with E-state index in [1.54, 1.807) is 84.9 Å². The highest BCUT2D eigenvalue weighted by Crippen LogP contribution is 2.46. The van der Waals surface area contributed by atoms with Crippen molar-refractivity contribution in [2.24, 2.45) is 15.2 Å². The third kappa shape index (κ3) is 8.05. The smallest absolute Gasteiger partial charge is 0.266 e. The summed E-state index contributed by atoms with van der Waals surface area (Å²) in [5.74, 6) is 0.248. The Morgan fingerprint density at radius 3 is 2.38 bits per heavy atom. The highest BCUT2D eigenvalue weighted by molar-refractivity contribution is 6.30. The molecular formula is C34H32ClN9O4. The molecule has 244 valence electrons. The Morgan fingerprint density at radius 1 is 0.958 bits per heavy atom. The summed E-state index contributed by atoms with van der Waals surface area (Å²) in [5.41, 5.74) is 26.0. The van der Waals surface area contributed by atoms with Crippen LogP contribution >= 0.6 is 11.6 Å². The number of rotatable bonds is 15. The highest BCUT2D eigenvalue weighted by Gasteiger charge is 2.54. The first-order valence-electron chi connectivity index (χ1n) is 15.1. The van der Waals surface area contributed by atoms with E-state index in [4.69, 9.17) is 31.2 Å². The van der Waals surface area contributed by atoms with Gasteiger partial charge in [0, 0.05) is 63.3 Å². The minimum Gasteiger partial charge on any atom is -0.494 e. The van der Waals surface area contributed by atoms with Gasteiger partial charge in [-0.15, -0.1) is 0 Å². The van der Waals surface area contributed by atoms with E-state index in [1.165, 1.54) is 0 Å². The molecule has 1 heterocycles. The lowest BCUT2D eigenvalue weighted by Crippen LogP contribution is -2.54. The third-order valence-electron chi connectivity index (χ3n) is 7.66. The van der Waals surface area contributed by atoms with Gasteiger partial charge in [-0.05, 0) is 65.0 Å². The van der Waals surface area contributed by atoms with Gasteiger partial charge in [0.15, 0.2) is 11.6 Å². The van der Waals surface area contributed by atoms with Crippen LogP contribution in [0, 0.1) is 0 Å². The van der Waals surface area contributed by atoms with Crippen molar-refractivity contribution in [2.45, 2.75) is 30.9 Å². The largest absolute Gasteiger partial charge is 0.494 e. The summed E-state index contributed by atoms with van der Waals surface area (Å²) < 4.78 is 12.2. The number of aliphatic hydroxyl groups excluding tert-OH is 1. The lowest BCUT2D eigenvalue weighted by Gasteiger charge is -2.31. The minimum atomic E-state index is -1.67. The summed E-state index contributed by atoms with van der Waals surface area (Å²) in [6.07, 6.45) is -0.00198. The van der Waals surface area contributed by atoms with Crippen molar-refractivity contribution in [1.82, 2.24) is 10.9 Å². The molecule has 1 amide bonds. The number of hydrazine groups is 1. The number of carbonyl (C=O) groups excluding carboxylic acids is 1. The second kappa shape index (κ2) is 16.3. The summed E-state index contributed by atoms with van der Waals surface area (Å²) in [7, 11) is 0. The molecule has 4 aromatic carbocycles. The summed E-state index contributed by atoms with van der Waals surface area (Å²) in [6.45, 7) is 0.767. The van der Waals surface area contributed by atoms with Gasteiger partial charge in [0.05, 0.1) is 6.61 Å². The van der Waals surface area contributed by atoms with Crippen molar-refractivity contribution in [3.8, 4) is 5.75 Å². The van der Waals surface area contributed by atoms with E-state index in [0.29, 0.717) is 59.1 Å². The number of aliphatic imine (C=N–C) groups is 1. The Morgan fingerprint density at radius 2 is 1.65 bits per heavy atom. The van der Waals surface area contributed by atoms with Crippen LogP contribution in [0.25, 0.3) is 20.9 Å². The molecule has 0 unspecified atom stereocenters. The molecule has 0 radical (unpaired) electrons. The lowest BCUT2D eigenvalue weighted by atomic mass is 9.81. The van der Waals surface area contributed by atoms with Crippen LogP contribution in [0.2, 0.25) is 5.02 Å². The molecular weight excluding hydrogens is 634 g/mol. The number of amides is 1. The molecule has 1 aliphatic heterocycles. The van der Waals surface area contributed by atoms with Crippen molar-refractivity contribution in [3.63, 3.8) is 0 Å². The first-order valence-corrected chi connectivity index (χ1v) is 15.5. The summed E-state index contributed by atoms with van der Waals surface area (Å²) in [4.78, 5) is 25.4. The normalized spacial score (nSPS) is 16.5.